The fourth-order valence-corrected chi connectivity index (χ4v) is 1.68. The predicted octanol–water partition coefficient (Wildman–Crippen LogP) is 1.42. The molecule has 1 fully saturated rings. The normalized spacial score (nSPS) is 16.6. The maximum Gasteiger partial charge on any atom is 0.409 e. The maximum atomic E-state index is 11.7. The molecule has 1 aliphatic rings. The molecule has 0 unspecified atom stereocenters. The minimum Gasteiger partial charge on any atom is -0.450 e. The van der Waals surface area contributed by atoms with Crippen molar-refractivity contribution < 1.29 is 14.3 Å². The zero-order valence-corrected chi connectivity index (χ0v) is 11.0. The molecule has 0 spiro atoms. The van der Waals surface area contributed by atoms with E-state index in [1.54, 1.807) is 28.9 Å². The van der Waals surface area contributed by atoms with Crippen molar-refractivity contribution in [1.29, 1.82) is 0 Å². The van der Waals surface area contributed by atoms with Crippen molar-refractivity contribution in [2.75, 3.05) is 32.8 Å². The van der Waals surface area contributed by atoms with Crippen LogP contribution in [0.25, 0.3) is 0 Å². The lowest BCUT2D eigenvalue weighted by atomic mass is 10.3. The fraction of sp³-hybridized carbons (Fsp3) is 0.538. The highest BCUT2D eigenvalue weighted by Gasteiger charge is 2.23. The van der Waals surface area contributed by atoms with Crippen LogP contribution >= 0.6 is 0 Å². The second kappa shape index (κ2) is 7.53. The van der Waals surface area contributed by atoms with Gasteiger partial charge in [-0.25, -0.2) is 4.79 Å². The van der Waals surface area contributed by atoms with E-state index in [1.165, 1.54) is 0 Å². The summed E-state index contributed by atoms with van der Waals surface area (Å²) in [5, 5.41) is 0. The van der Waals surface area contributed by atoms with Crippen LogP contribution in [0.4, 0.5) is 4.79 Å². The Bertz CT molecular complexity index is 342. The van der Waals surface area contributed by atoms with E-state index in [1.807, 2.05) is 19.1 Å². The SMILES string of the molecule is CC=CC=CC(=O)N1CCN(C(=O)OCC)CC1. The van der Waals surface area contributed by atoms with Crippen LogP contribution in [-0.4, -0.2) is 54.6 Å². The van der Waals surface area contributed by atoms with Crippen LogP contribution < -0.4 is 0 Å². The third kappa shape index (κ3) is 4.24. The highest BCUT2D eigenvalue weighted by molar-refractivity contribution is 5.88. The Morgan fingerprint density at radius 3 is 2.28 bits per heavy atom. The van der Waals surface area contributed by atoms with Crippen LogP contribution in [0.2, 0.25) is 0 Å². The van der Waals surface area contributed by atoms with Crippen molar-refractivity contribution in [2.24, 2.45) is 0 Å². The molecular formula is C13H20N2O3. The van der Waals surface area contributed by atoms with E-state index in [4.69, 9.17) is 4.74 Å². The van der Waals surface area contributed by atoms with Gasteiger partial charge >= 0.3 is 6.09 Å². The Hall–Kier alpha value is -1.78. The average Bonchev–Trinajstić information content (AvgIpc) is 2.39. The standard InChI is InChI=1S/C13H20N2O3/c1-3-5-6-7-12(16)14-8-10-15(11-9-14)13(17)18-4-2/h3,5-7H,4,8-11H2,1-2H3. The van der Waals surface area contributed by atoms with Crippen LogP contribution in [0.15, 0.2) is 24.3 Å². The molecule has 0 atom stereocenters. The molecule has 0 aliphatic carbocycles. The van der Waals surface area contributed by atoms with Crippen molar-refractivity contribution in [3.8, 4) is 0 Å². The molecule has 1 rings (SSSR count). The molecule has 1 heterocycles. The van der Waals surface area contributed by atoms with Gasteiger partial charge in [-0.1, -0.05) is 18.2 Å². The topological polar surface area (TPSA) is 49.9 Å². The molecular weight excluding hydrogens is 232 g/mol. The van der Waals surface area contributed by atoms with E-state index < -0.39 is 0 Å². The number of nitrogens with zero attached hydrogens (tertiary/aromatic N) is 2. The van der Waals surface area contributed by atoms with Gasteiger partial charge in [0.25, 0.3) is 0 Å². The smallest absolute Gasteiger partial charge is 0.409 e. The summed E-state index contributed by atoms with van der Waals surface area (Å²) in [4.78, 5) is 26.6. The average molecular weight is 252 g/mol. The molecule has 18 heavy (non-hydrogen) atoms. The van der Waals surface area contributed by atoms with Gasteiger partial charge in [-0.3, -0.25) is 4.79 Å². The number of allylic oxidation sites excluding steroid dienone is 3. The zero-order valence-electron chi connectivity index (χ0n) is 11.0. The molecule has 100 valence electrons. The molecule has 0 aromatic rings. The van der Waals surface area contributed by atoms with Gasteiger partial charge in [0.2, 0.25) is 5.91 Å². The maximum absolute atomic E-state index is 11.7. The second-order valence-electron chi connectivity index (χ2n) is 3.90. The fourth-order valence-electron chi connectivity index (χ4n) is 1.68. The third-order valence-corrected chi connectivity index (χ3v) is 2.66. The van der Waals surface area contributed by atoms with E-state index in [9.17, 15) is 9.59 Å². The first kappa shape index (κ1) is 14.3. The first-order valence-electron chi connectivity index (χ1n) is 6.19. The lowest BCUT2D eigenvalue weighted by Gasteiger charge is -2.33. The number of hydrogen-bond acceptors (Lipinski definition) is 3. The van der Waals surface area contributed by atoms with Gasteiger partial charge in [0.15, 0.2) is 0 Å². The van der Waals surface area contributed by atoms with Crippen LogP contribution in [0.1, 0.15) is 13.8 Å². The van der Waals surface area contributed by atoms with Gasteiger partial charge in [-0.15, -0.1) is 0 Å². The summed E-state index contributed by atoms with van der Waals surface area (Å²) in [5.74, 6) is -0.0170. The molecule has 5 heteroatoms. The molecule has 0 saturated carbocycles. The second-order valence-corrected chi connectivity index (χ2v) is 3.90. The Labute approximate surface area is 108 Å². The minimum atomic E-state index is -0.297. The number of rotatable bonds is 3. The van der Waals surface area contributed by atoms with E-state index in [0.29, 0.717) is 32.8 Å². The minimum absolute atomic E-state index is 0.0170. The Morgan fingerprint density at radius 1 is 1.11 bits per heavy atom. The van der Waals surface area contributed by atoms with Crippen LogP contribution in [0.5, 0.6) is 0 Å². The van der Waals surface area contributed by atoms with Crippen molar-refractivity contribution in [2.45, 2.75) is 13.8 Å². The first-order chi connectivity index (χ1) is 8.69. The van der Waals surface area contributed by atoms with E-state index in [-0.39, 0.29) is 12.0 Å². The summed E-state index contributed by atoms with van der Waals surface area (Å²) in [6, 6.07) is 0. The number of carbonyl (C=O) groups is 2. The van der Waals surface area contributed by atoms with E-state index >= 15 is 0 Å². The summed E-state index contributed by atoms with van der Waals surface area (Å²) >= 11 is 0. The van der Waals surface area contributed by atoms with Crippen LogP contribution in [0, 0.1) is 0 Å². The van der Waals surface area contributed by atoms with E-state index in [2.05, 4.69) is 0 Å². The van der Waals surface area contributed by atoms with Gasteiger partial charge in [0.05, 0.1) is 6.61 Å². The monoisotopic (exact) mass is 252 g/mol. The Balaban J connectivity index is 2.39. The third-order valence-electron chi connectivity index (χ3n) is 2.66. The van der Waals surface area contributed by atoms with Gasteiger partial charge < -0.3 is 14.5 Å². The summed E-state index contributed by atoms with van der Waals surface area (Å²) < 4.78 is 4.92. The number of ether oxygens (including phenoxy) is 1. The highest BCUT2D eigenvalue weighted by atomic mass is 16.6. The van der Waals surface area contributed by atoms with Crippen molar-refractivity contribution in [3.63, 3.8) is 0 Å². The molecule has 0 aromatic carbocycles. The van der Waals surface area contributed by atoms with Gasteiger partial charge in [0.1, 0.15) is 0 Å². The van der Waals surface area contributed by atoms with Gasteiger partial charge in [0, 0.05) is 32.3 Å². The van der Waals surface area contributed by atoms with Crippen LogP contribution in [-0.2, 0) is 9.53 Å². The molecule has 0 radical (unpaired) electrons. The largest absolute Gasteiger partial charge is 0.450 e. The summed E-state index contributed by atoms with van der Waals surface area (Å²) in [6.45, 7) is 6.22. The molecule has 1 saturated heterocycles. The molecule has 0 bridgehead atoms. The summed E-state index contributed by atoms with van der Waals surface area (Å²) in [5.41, 5.74) is 0. The first-order valence-corrected chi connectivity index (χ1v) is 6.19. The Kier molecular flexibility index (Phi) is 5.97. The van der Waals surface area contributed by atoms with Gasteiger partial charge in [-0.05, 0) is 13.8 Å². The van der Waals surface area contributed by atoms with Crippen molar-refractivity contribution in [1.82, 2.24) is 9.80 Å². The van der Waals surface area contributed by atoms with Gasteiger partial charge in [-0.2, -0.15) is 0 Å². The van der Waals surface area contributed by atoms with Crippen LogP contribution in [0.3, 0.4) is 0 Å². The lowest BCUT2D eigenvalue weighted by molar-refractivity contribution is -0.127. The van der Waals surface area contributed by atoms with Crippen molar-refractivity contribution >= 4 is 12.0 Å². The quantitative estimate of drug-likeness (QED) is 0.564. The number of hydrogen-bond donors (Lipinski definition) is 0. The molecule has 0 aromatic heterocycles. The lowest BCUT2D eigenvalue weighted by Crippen LogP contribution is -2.50. The highest BCUT2D eigenvalue weighted by Crippen LogP contribution is 2.04. The van der Waals surface area contributed by atoms with Crippen molar-refractivity contribution in [3.05, 3.63) is 24.3 Å². The Morgan fingerprint density at radius 2 is 1.72 bits per heavy atom. The summed E-state index contributed by atoms with van der Waals surface area (Å²) in [7, 11) is 0. The van der Waals surface area contributed by atoms with E-state index in [0.717, 1.165) is 0 Å². The molecule has 5 nitrogen and oxygen atoms in total. The molecule has 0 N–H and O–H groups in total. The molecule has 2 amide bonds. The summed E-state index contributed by atoms with van der Waals surface area (Å²) in [6.07, 6.45) is 6.64. The molecule has 1 aliphatic heterocycles. The number of piperazine rings is 1. The predicted molar refractivity (Wildman–Crippen MR) is 69.1 cm³/mol. The number of carbonyl (C=O) groups excluding carboxylic acids is 2. The zero-order chi connectivity index (χ0) is 13.4. The number of amides is 2.